The molecule has 2 N–H and O–H groups in total. The van der Waals surface area contributed by atoms with Crippen LogP contribution in [0.15, 0.2) is 41.6 Å². The zero-order valence-electron chi connectivity index (χ0n) is 21.1. The molecule has 0 bridgehead atoms. The fourth-order valence-electron chi connectivity index (χ4n) is 4.63. The first-order valence-electron chi connectivity index (χ1n) is 12.0. The van der Waals surface area contributed by atoms with E-state index in [4.69, 9.17) is 15.1 Å². The van der Waals surface area contributed by atoms with Crippen LogP contribution in [-0.2, 0) is 17.6 Å². The number of aryl methyl sites for hydroxylation is 6. The van der Waals surface area contributed by atoms with Crippen LogP contribution in [0.2, 0.25) is 0 Å². The summed E-state index contributed by atoms with van der Waals surface area (Å²) in [5.41, 5.74) is 9.03. The third kappa shape index (κ3) is 4.70. The Kier molecular flexibility index (Phi) is 6.49. The topological polar surface area (TPSA) is 101 Å². The largest absolute Gasteiger partial charge is 0.325 e. The minimum atomic E-state index is -0.0793. The van der Waals surface area contributed by atoms with Crippen molar-refractivity contribution in [2.24, 2.45) is 0 Å². The number of hydrogen-bond donors (Lipinski definition) is 2. The van der Waals surface area contributed by atoms with Crippen LogP contribution in [0.5, 0.6) is 0 Å². The summed E-state index contributed by atoms with van der Waals surface area (Å²) in [7, 11) is 0. The maximum atomic E-state index is 12.9. The summed E-state index contributed by atoms with van der Waals surface area (Å²) in [6.45, 7) is 10.1. The molecule has 5 aromatic rings. The van der Waals surface area contributed by atoms with E-state index in [0.29, 0.717) is 11.6 Å². The Morgan fingerprint density at radius 2 is 1.78 bits per heavy atom. The number of rotatable bonds is 7. The van der Waals surface area contributed by atoms with Gasteiger partial charge in [0, 0.05) is 23.2 Å². The van der Waals surface area contributed by atoms with Gasteiger partial charge in [-0.25, -0.2) is 9.97 Å². The van der Waals surface area contributed by atoms with Crippen molar-refractivity contribution in [3.63, 3.8) is 0 Å². The molecule has 0 atom stereocenters. The number of para-hydroxylation sites is 1. The van der Waals surface area contributed by atoms with Crippen LogP contribution in [0.25, 0.3) is 16.6 Å². The van der Waals surface area contributed by atoms with Crippen LogP contribution in [0.1, 0.15) is 39.5 Å². The number of nitrogens with one attached hydrogen (secondary N) is 2. The lowest BCUT2D eigenvalue weighted by molar-refractivity contribution is -0.113. The van der Waals surface area contributed by atoms with Crippen LogP contribution in [-0.4, -0.2) is 41.4 Å². The van der Waals surface area contributed by atoms with Gasteiger partial charge < -0.3 is 5.32 Å². The van der Waals surface area contributed by atoms with E-state index in [9.17, 15) is 4.79 Å². The van der Waals surface area contributed by atoms with Gasteiger partial charge in [-0.2, -0.15) is 9.61 Å². The Hall–Kier alpha value is -3.72. The van der Waals surface area contributed by atoms with Gasteiger partial charge in [-0.15, -0.1) is 5.10 Å². The minimum absolute atomic E-state index is 0.0793. The molecular formula is C27H29N7OS. The molecule has 9 heteroatoms. The van der Waals surface area contributed by atoms with Gasteiger partial charge in [0.15, 0.2) is 16.6 Å². The summed E-state index contributed by atoms with van der Waals surface area (Å²) in [4.78, 5) is 22.5. The van der Waals surface area contributed by atoms with Gasteiger partial charge in [0.05, 0.1) is 17.0 Å². The summed E-state index contributed by atoms with van der Waals surface area (Å²) < 4.78 is 1.77. The lowest BCUT2D eigenvalue weighted by Crippen LogP contribution is -2.16. The number of amides is 1. The number of thioether (sulfide) groups is 1. The van der Waals surface area contributed by atoms with Gasteiger partial charge in [0.25, 0.3) is 0 Å². The van der Waals surface area contributed by atoms with Gasteiger partial charge >= 0.3 is 0 Å². The molecule has 2 aromatic carbocycles. The van der Waals surface area contributed by atoms with E-state index in [2.05, 4.69) is 34.6 Å². The van der Waals surface area contributed by atoms with Gasteiger partial charge in [0.1, 0.15) is 0 Å². The normalized spacial score (nSPS) is 11.5. The molecule has 0 saturated carbocycles. The van der Waals surface area contributed by atoms with Crippen LogP contribution in [0.3, 0.4) is 0 Å². The fourth-order valence-corrected chi connectivity index (χ4v) is 5.38. The minimum Gasteiger partial charge on any atom is -0.325 e. The van der Waals surface area contributed by atoms with E-state index in [1.165, 1.54) is 22.9 Å². The van der Waals surface area contributed by atoms with E-state index in [1.807, 2.05) is 52.0 Å². The molecular weight excluding hydrogens is 470 g/mol. The highest BCUT2D eigenvalue weighted by atomic mass is 32.2. The molecule has 5 rings (SSSR count). The summed E-state index contributed by atoms with van der Waals surface area (Å²) in [5, 5.41) is 16.8. The molecule has 8 nitrogen and oxygen atoms in total. The molecule has 0 spiro atoms. The molecule has 0 aliphatic carbocycles. The Balaban J connectivity index is 1.40. The second-order valence-corrected chi connectivity index (χ2v) is 10.1. The smallest absolute Gasteiger partial charge is 0.234 e. The van der Waals surface area contributed by atoms with Crippen LogP contribution >= 0.6 is 11.8 Å². The first-order valence-corrected chi connectivity index (χ1v) is 12.9. The summed E-state index contributed by atoms with van der Waals surface area (Å²) >= 11 is 1.36. The van der Waals surface area contributed by atoms with E-state index < -0.39 is 0 Å². The number of benzene rings is 2. The number of fused-ring (bicyclic) bond motifs is 3. The zero-order chi connectivity index (χ0) is 25.4. The van der Waals surface area contributed by atoms with E-state index in [1.54, 1.807) is 4.52 Å². The maximum absolute atomic E-state index is 12.9. The lowest BCUT2D eigenvalue weighted by Gasteiger charge is -2.13. The van der Waals surface area contributed by atoms with Gasteiger partial charge in [-0.05, 0) is 69.9 Å². The SMILES string of the molecule is Cc1cc(C)c(NC(=O)CSc2nc3ccccc3c3nc(CCc4c(C)n[nH]c4C)nn23)c(C)c1. The second-order valence-electron chi connectivity index (χ2n) is 9.20. The lowest BCUT2D eigenvalue weighted by atomic mass is 10.1. The molecule has 3 heterocycles. The monoisotopic (exact) mass is 499 g/mol. The Labute approximate surface area is 213 Å². The van der Waals surface area contributed by atoms with Crippen molar-refractivity contribution in [2.75, 3.05) is 11.1 Å². The van der Waals surface area contributed by atoms with Gasteiger partial charge in [-0.3, -0.25) is 9.89 Å². The third-order valence-electron chi connectivity index (χ3n) is 6.35. The fraction of sp³-hybridized carbons (Fsp3) is 0.296. The van der Waals surface area contributed by atoms with E-state index >= 15 is 0 Å². The van der Waals surface area contributed by atoms with Gasteiger partial charge in [-0.1, -0.05) is 41.6 Å². The number of anilines is 1. The van der Waals surface area contributed by atoms with E-state index in [0.717, 1.165) is 57.0 Å². The summed E-state index contributed by atoms with van der Waals surface area (Å²) in [6.07, 6.45) is 1.49. The number of aromatic amines is 1. The van der Waals surface area contributed by atoms with Crippen molar-refractivity contribution in [1.29, 1.82) is 0 Å². The average molecular weight is 500 g/mol. The molecule has 1 amide bonds. The highest BCUT2D eigenvalue weighted by Crippen LogP contribution is 2.26. The first kappa shape index (κ1) is 24.0. The molecule has 184 valence electrons. The third-order valence-corrected chi connectivity index (χ3v) is 7.28. The molecule has 0 unspecified atom stereocenters. The molecule has 0 aliphatic rings. The molecule has 0 radical (unpaired) electrons. The number of H-pyrrole nitrogens is 1. The predicted octanol–water partition coefficient (Wildman–Crippen LogP) is 5.06. The number of carbonyl (C=O) groups is 1. The Bertz CT molecular complexity index is 1560. The standard InChI is InChI=1S/C27H29N7OS/c1-15-12-16(2)25(17(3)13-15)30-24(35)14-36-27-28-22-9-7-6-8-21(22)26-29-23(33-34(26)27)11-10-20-18(4)31-32-19(20)5/h6-9,12-13H,10-11,14H2,1-5H3,(H,30,35)(H,31,32). The van der Waals surface area contributed by atoms with E-state index in [-0.39, 0.29) is 11.7 Å². The number of hydrogen-bond acceptors (Lipinski definition) is 6. The molecule has 0 fully saturated rings. The first-order chi connectivity index (χ1) is 17.3. The maximum Gasteiger partial charge on any atom is 0.234 e. The zero-order valence-corrected chi connectivity index (χ0v) is 22.0. The number of nitrogens with zero attached hydrogens (tertiary/aromatic N) is 5. The number of carbonyl (C=O) groups excluding carboxylic acids is 1. The Morgan fingerprint density at radius 1 is 1.03 bits per heavy atom. The molecule has 0 aliphatic heterocycles. The van der Waals surface area contributed by atoms with Crippen molar-refractivity contribution < 1.29 is 4.79 Å². The van der Waals surface area contributed by atoms with Crippen molar-refractivity contribution >= 4 is 39.9 Å². The molecule has 3 aromatic heterocycles. The quantitative estimate of drug-likeness (QED) is 0.240. The Morgan fingerprint density at radius 3 is 2.50 bits per heavy atom. The summed E-state index contributed by atoms with van der Waals surface area (Å²) in [6, 6.07) is 12.1. The van der Waals surface area contributed by atoms with Crippen LogP contribution < -0.4 is 5.32 Å². The summed E-state index contributed by atoms with van der Waals surface area (Å²) in [5.74, 6) is 0.880. The van der Waals surface area contributed by atoms with Crippen LogP contribution in [0, 0.1) is 34.6 Å². The predicted molar refractivity (Wildman–Crippen MR) is 144 cm³/mol. The highest BCUT2D eigenvalue weighted by molar-refractivity contribution is 7.99. The molecule has 0 saturated heterocycles. The van der Waals surface area contributed by atoms with Crippen LogP contribution in [0.4, 0.5) is 5.69 Å². The molecule has 36 heavy (non-hydrogen) atoms. The van der Waals surface area contributed by atoms with Gasteiger partial charge in [0.2, 0.25) is 5.91 Å². The highest BCUT2D eigenvalue weighted by Gasteiger charge is 2.17. The van der Waals surface area contributed by atoms with Crippen molar-refractivity contribution in [3.05, 3.63) is 75.9 Å². The van der Waals surface area contributed by atoms with Crippen molar-refractivity contribution in [2.45, 2.75) is 52.6 Å². The van der Waals surface area contributed by atoms with Crippen molar-refractivity contribution in [3.8, 4) is 0 Å². The average Bonchev–Trinajstić information content (AvgIpc) is 3.41. The van der Waals surface area contributed by atoms with Crippen molar-refractivity contribution in [1.82, 2.24) is 29.8 Å². The number of aromatic nitrogens is 6. The second kappa shape index (κ2) is 9.73.